The summed E-state index contributed by atoms with van der Waals surface area (Å²) >= 11 is 3.14. The fourth-order valence-corrected chi connectivity index (χ4v) is 2.31. The summed E-state index contributed by atoms with van der Waals surface area (Å²) in [5, 5.41) is 0. The summed E-state index contributed by atoms with van der Waals surface area (Å²) in [4.78, 5) is 0. The van der Waals surface area contributed by atoms with Crippen molar-refractivity contribution in [2.75, 3.05) is 6.61 Å². The molecule has 3 nitrogen and oxygen atoms in total. The number of hydrogen-bond acceptors (Lipinski definition) is 3. The Morgan fingerprint density at radius 3 is 2.70 bits per heavy atom. The predicted molar refractivity (Wildman–Crippen MR) is 80.9 cm³/mol. The van der Waals surface area contributed by atoms with Gasteiger partial charge < -0.3 is 4.74 Å². The van der Waals surface area contributed by atoms with Crippen LogP contribution in [0.25, 0.3) is 0 Å². The number of rotatable bonds is 5. The van der Waals surface area contributed by atoms with Gasteiger partial charge in [-0.2, -0.15) is 0 Å². The van der Waals surface area contributed by atoms with E-state index in [-0.39, 0.29) is 11.9 Å². The van der Waals surface area contributed by atoms with E-state index in [9.17, 15) is 4.39 Å². The van der Waals surface area contributed by atoms with Gasteiger partial charge in [-0.05, 0) is 46.6 Å². The zero-order chi connectivity index (χ0) is 14.5. The van der Waals surface area contributed by atoms with Crippen molar-refractivity contribution in [2.24, 2.45) is 5.84 Å². The summed E-state index contributed by atoms with van der Waals surface area (Å²) < 4.78 is 19.7. The molecule has 0 bridgehead atoms. The van der Waals surface area contributed by atoms with E-state index in [1.54, 1.807) is 6.07 Å². The molecular weight excluding hydrogens is 323 g/mol. The monoisotopic (exact) mass is 338 g/mol. The lowest BCUT2D eigenvalue weighted by Crippen LogP contribution is -2.29. The molecule has 0 saturated heterocycles. The number of nitrogens with two attached hydrogens (primary N) is 1. The maximum absolute atomic E-state index is 13.7. The average Bonchev–Trinajstić information content (AvgIpc) is 2.45. The van der Waals surface area contributed by atoms with Crippen LogP contribution in [0.4, 0.5) is 4.39 Å². The molecule has 5 heteroatoms. The highest BCUT2D eigenvalue weighted by Crippen LogP contribution is 2.31. The molecule has 2 aromatic carbocycles. The van der Waals surface area contributed by atoms with Gasteiger partial charge in [0.2, 0.25) is 0 Å². The molecule has 2 rings (SSSR count). The maximum atomic E-state index is 13.7. The Labute approximate surface area is 126 Å². The quantitative estimate of drug-likeness (QED) is 0.647. The molecule has 0 amide bonds. The second-order valence-corrected chi connectivity index (χ2v) is 5.10. The first-order valence-electron chi connectivity index (χ1n) is 6.30. The van der Waals surface area contributed by atoms with E-state index in [2.05, 4.69) is 21.4 Å². The minimum absolute atomic E-state index is 0.323. The smallest absolute Gasteiger partial charge is 0.137 e. The van der Waals surface area contributed by atoms with Crippen LogP contribution in [0.5, 0.6) is 5.75 Å². The molecule has 0 aromatic heterocycles. The number of benzene rings is 2. The third-order valence-corrected chi connectivity index (χ3v) is 3.62. The third kappa shape index (κ3) is 3.17. The number of hydrogen-bond donors (Lipinski definition) is 2. The van der Waals surface area contributed by atoms with Gasteiger partial charge in [0.25, 0.3) is 0 Å². The van der Waals surface area contributed by atoms with E-state index in [0.717, 1.165) is 16.9 Å². The summed E-state index contributed by atoms with van der Waals surface area (Å²) in [5.74, 6) is 6.07. The zero-order valence-electron chi connectivity index (χ0n) is 11.1. The molecule has 0 fully saturated rings. The van der Waals surface area contributed by atoms with E-state index < -0.39 is 0 Å². The summed E-state index contributed by atoms with van der Waals surface area (Å²) in [5.41, 5.74) is 4.33. The number of nitrogens with one attached hydrogen (secondary N) is 1. The van der Waals surface area contributed by atoms with Gasteiger partial charge in [-0.1, -0.05) is 24.3 Å². The minimum Gasteiger partial charge on any atom is -0.494 e. The van der Waals surface area contributed by atoms with Gasteiger partial charge in [0.15, 0.2) is 0 Å². The van der Waals surface area contributed by atoms with E-state index in [1.165, 1.54) is 6.07 Å². The first-order chi connectivity index (χ1) is 9.67. The van der Waals surface area contributed by atoms with Crippen LogP contribution in [-0.4, -0.2) is 6.61 Å². The van der Waals surface area contributed by atoms with Crippen LogP contribution in [0.1, 0.15) is 24.1 Å². The fraction of sp³-hybridized carbons (Fsp3) is 0.200. The molecule has 0 aliphatic carbocycles. The van der Waals surface area contributed by atoms with E-state index >= 15 is 0 Å². The molecule has 2 aromatic rings. The highest BCUT2D eigenvalue weighted by atomic mass is 79.9. The topological polar surface area (TPSA) is 47.3 Å². The molecule has 0 heterocycles. The lowest BCUT2D eigenvalue weighted by Gasteiger charge is -2.20. The highest BCUT2D eigenvalue weighted by Gasteiger charge is 2.17. The molecule has 20 heavy (non-hydrogen) atoms. The van der Waals surface area contributed by atoms with Crippen LogP contribution >= 0.6 is 15.9 Å². The molecule has 0 radical (unpaired) electrons. The first-order valence-corrected chi connectivity index (χ1v) is 7.09. The number of halogens is 2. The normalized spacial score (nSPS) is 12.2. The Morgan fingerprint density at radius 2 is 2.05 bits per heavy atom. The van der Waals surface area contributed by atoms with Crippen molar-refractivity contribution in [1.82, 2.24) is 5.43 Å². The second kappa shape index (κ2) is 6.83. The number of ether oxygens (including phenoxy) is 1. The average molecular weight is 339 g/mol. The SMILES string of the molecule is CCOc1ccccc1C(NN)c1ccc(Br)c(F)c1. The van der Waals surface area contributed by atoms with Crippen LogP contribution in [0, 0.1) is 5.82 Å². The standard InChI is InChI=1S/C15H16BrFN2O/c1-2-20-14-6-4-3-5-11(14)15(19-18)10-7-8-12(16)13(17)9-10/h3-9,15,19H,2,18H2,1H3. The minimum atomic E-state index is -0.333. The molecule has 0 spiro atoms. The van der Waals surface area contributed by atoms with Crippen molar-refractivity contribution < 1.29 is 9.13 Å². The van der Waals surface area contributed by atoms with Crippen molar-refractivity contribution in [3.63, 3.8) is 0 Å². The lowest BCUT2D eigenvalue weighted by molar-refractivity contribution is 0.333. The molecule has 0 aliphatic rings. The van der Waals surface area contributed by atoms with Crippen LogP contribution in [0.15, 0.2) is 46.9 Å². The van der Waals surface area contributed by atoms with Gasteiger partial charge >= 0.3 is 0 Å². The predicted octanol–water partition coefficient (Wildman–Crippen LogP) is 3.54. The van der Waals surface area contributed by atoms with Crippen molar-refractivity contribution in [3.8, 4) is 5.75 Å². The number of para-hydroxylation sites is 1. The van der Waals surface area contributed by atoms with Gasteiger partial charge in [0, 0.05) is 5.56 Å². The first kappa shape index (κ1) is 15.0. The van der Waals surface area contributed by atoms with E-state index in [4.69, 9.17) is 10.6 Å². The molecule has 1 atom stereocenters. The largest absolute Gasteiger partial charge is 0.494 e. The van der Waals surface area contributed by atoms with Gasteiger partial charge in [0.05, 0.1) is 17.1 Å². The molecule has 3 N–H and O–H groups in total. The Bertz CT molecular complexity index is 592. The fourth-order valence-electron chi connectivity index (χ4n) is 2.06. The summed E-state index contributed by atoms with van der Waals surface area (Å²) in [6.45, 7) is 2.48. The van der Waals surface area contributed by atoms with E-state index in [1.807, 2.05) is 37.3 Å². The van der Waals surface area contributed by atoms with Crippen LogP contribution in [-0.2, 0) is 0 Å². The van der Waals surface area contributed by atoms with Crippen molar-refractivity contribution in [3.05, 3.63) is 63.9 Å². The van der Waals surface area contributed by atoms with Gasteiger partial charge in [-0.15, -0.1) is 0 Å². The number of hydrazine groups is 1. The van der Waals surface area contributed by atoms with E-state index in [0.29, 0.717) is 11.1 Å². The molecule has 1 unspecified atom stereocenters. The summed E-state index contributed by atoms with van der Waals surface area (Å²) in [7, 11) is 0. The Hall–Kier alpha value is -1.43. The van der Waals surface area contributed by atoms with Crippen molar-refractivity contribution in [2.45, 2.75) is 13.0 Å². The maximum Gasteiger partial charge on any atom is 0.137 e. The van der Waals surface area contributed by atoms with Gasteiger partial charge in [0.1, 0.15) is 11.6 Å². The lowest BCUT2D eigenvalue weighted by atomic mass is 9.98. The van der Waals surface area contributed by atoms with Gasteiger partial charge in [-0.25, -0.2) is 9.82 Å². The molecular formula is C15H16BrFN2O. The van der Waals surface area contributed by atoms with Crippen molar-refractivity contribution in [1.29, 1.82) is 0 Å². The molecule has 0 aliphatic heterocycles. The molecule has 106 valence electrons. The van der Waals surface area contributed by atoms with Crippen LogP contribution in [0.3, 0.4) is 0 Å². The Balaban J connectivity index is 2.44. The third-order valence-electron chi connectivity index (χ3n) is 2.97. The van der Waals surface area contributed by atoms with Crippen LogP contribution < -0.4 is 16.0 Å². The van der Waals surface area contributed by atoms with Gasteiger partial charge in [-0.3, -0.25) is 5.84 Å². The Kier molecular flexibility index (Phi) is 5.11. The van der Waals surface area contributed by atoms with Crippen LogP contribution in [0.2, 0.25) is 0 Å². The zero-order valence-corrected chi connectivity index (χ0v) is 12.7. The van der Waals surface area contributed by atoms with Crippen molar-refractivity contribution >= 4 is 15.9 Å². The molecule has 0 saturated carbocycles. The highest BCUT2D eigenvalue weighted by molar-refractivity contribution is 9.10. The second-order valence-electron chi connectivity index (χ2n) is 4.24. The summed E-state index contributed by atoms with van der Waals surface area (Å²) in [6.07, 6.45) is 0. The summed E-state index contributed by atoms with van der Waals surface area (Å²) in [6, 6.07) is 12.2. The Morgan fingerprint density at radius 1 is 1.30 bits per heavy atom.